The summed E-state index contributed by atoms with van der Waals surface area (Å²) in [6.45, 7) is 0. The van der Waals surface area contributed by atoms with Crippen molar-refractivity contribution in [2.45, 2.75) is 0 Å². The molecule has 0 aliphatic heterocycles. The van der Waals surface area contributed by atoms with Crippen molar-refractivity contribution in [1.29, 1.82) is 0 Å². The van der Waals surface area contributed by atoms with Crippen LogP contribution in [0.3, 0.4) is 0 Å². The van der Waals surface area contributed by atoms with Crippen LogP contribution in [0.4, 0.5) is 8.78 Å². The molecule has 2 rings (SSSR count). The van der Waals surface area contributed by atoms with E-state index in [9.17, 15) is 13.6 Å². The molecule has 0 atom stereocenters. The third-order valence-electron chi connectivity index (χ3n) is 2.13. The predicted molar refractivity (Wildman–Crippen MR) is 57.6 cm³/mol. The van der Waals surface area contributed by atoms with E-state index in [0.29, 0.717) is 0 Å². The van der Waals surface area contributed by atoms with E-state index in [2.05, 4.69) is 4.98 Å². The van der Waals surface area contributed by atoms with Crippen molar-refractivity contribution >= 4 is 5.97 Å². The van der Waals surface area contributed by atoms with Gasteiger partial charge in [0.1, 0.15) is 11.3 Å². The van der Waals surface area contributed by atoms with E-state index in [4.69, 9.17) is 9.84 Å². The first kappa shape index (κ1) is 12.0. The van der Waals surface area contributed by atoms with Crippen molar-refractivity contribution in [2.75, 3.05) is 0 Å². The highest BCUT2D eigenvalue weighted by Gasteiger charge is 2.12. The SMILES string of the molecule is O=C(O)c1ccncc1Oc1ccc(F)c(F)c1. The fourth-order valence-corrected chi connectivity index (χ4v) is 1.31. The van der Waals surface area contributed by atoms with Crippen molar-refractivity contribution in [2.24, 2.45) is 0 Å². The van der Waals surface area contributed by atoms with Crippen LogP contribution in [0.5, 0.6) is 11.5 Å². The second-order valence-corrected chi connectivity index (χ2v) is 3.35. The standard InChI is InChI=1S/C12H7F2NO3/c13-9-2-1-7(5-10(9)14)18-11-6-15-4-3-8(11)12(16)17/h1-6H,(H,16,17). The number of rotatable bonds is 3. The minimum Gasteiger partial charge on any atom is -0.478 e. The maximum Gasteiger partial charge on any atom is 0.339 e. The molecule has 0 radical (unpaired) electrons. The van der Waals surface area contributed by atoms with Gasteiger partial charge in [0.05, 0.1) is 6.20 Å². The molecule has 4 nitrogen and oxygen atoms in total. The molecule has 1 aromatic heterocycles. The van der Waals surface area contributed by atoms with E-state index in [1.807, 2.05) is 0 Å². The molecule has 1 N–H and O–H groups in total. The average Bonchev–Trinajstić information content (AvgIpc) is 2.34. The lowest BCUT2D eigenvalue weighted by Crippen LogP contribution is -2.00. The third-order valence-corrected chi connectivity index (χ3v) is 2.13. The fraction of sp³-hybridized carbons (Fsp3) is 0. The maximum absolute atomic E-state index is 13.0. The van der Waals surface area contributed by atoms with Gasteiger partial charge in [-0.1, -0.05) is 0 Å². The molecular formula is C12H7F2NO3. The molecular weight excluding hydrogens is 244 g/mol. The average molecular weight is 251 g/mol. The summed E-state index contributed by atoms with van der Waals surface area (Å²) in [6.07, 6.45) is 2.48. The Morgan fingerprint density at radius 2 is 2.00 bits per heavy atom. The molecule has 92 valence electrons. The highest BCUT2D eigenvalue weighted by atomic mass is 19.2. The van der Waals surface area contributed by atoms with Gasteiger partial charge in [-0.25, -0.2) is 13.6 Å². The van der Waals surface area contributed by atoms with E-state index >= 15 is 0 Å². The van der Waals surface area contributed by atoms with E-state index in [1.54, 1.807) is 0 Å². The summed E-state index contributed by atoms with van der Waals surface area (Å²) in [5.74, 6) is -3.34. The minimum atomic E-state index is -1.20. The molecule has 0 fully saturated rings. The topological polar surface area (TPSA) is 59.4 Å². The summed E-state index contributed by atoms with van der Waals surface area (Å²) >= 11 is 0. The number of hydrogen-bond acceptors (Lipinski definition) is 3. The van der Waals surface area contributed by atoms with Crippen molar-refractivity contribution in [3.05, 3.63) is 53.9 Å². The second kappa shape index (κ2) is 4.79. The van der Waals surface area contributed by atoms with Crippen LogP contribution in [0.2, 0.25) is 0 Å². The number of carbonyl (C=O) groups is 1. The van der Waals surface area contributed by atoms with Gasteiger partial charge in [-0.3, -0.25) is 4.98 Å². The van der Waals surface area contributed by atoms with Gasteiger partial charge in [0.15, 0.2) is 17.4 Å². The molecule has 0 aliphatic rings. The third kappa shape index (κ3) is 2.42. The van der Waals surface area contributed by atoms with Crippen LogP contribution in [0.15, 0.2) is 36.7 Å². The van der Waals surface area contributed by atoms with Crippen LogP contribution >= 0.6 is 0 Å². The van der Waals surface area contributed by atoms with Gasteiger partial charge in [0.2, 0.25) is 0 Å². The van der Waals surface area contributed by atoms with E-state index in [1.165, 1.54) is 24.5 Å². The number of aromatic carboxylic acids is 1. The first-order valence-electron chi connectivity index (χ1n) is 4.88. The smallest absolute Gasteiger partial charge is 0.339 e. The van der Waals surface area contributed by atoms with Crippen molar-refractivity contribution in [1.82, 2.24) is 4.98 Å². The Labute approximate surface area is 100 Å². The number of hydrogen-bond donors (Lipinski definition) is 1. The van der Waals surface area contributed by atoms with Gasteiger partial charge in [-0.15, -0.1) is 0 Å². The molecule has 0 bridgehead atoms. The van der Waals surface area contributed by atoms with E-state index < -0.39 is 17.6 Å². The molecule has 0 saturated heterocycles. The lowest BCUT2D eigenvalue weighted by Gasteiger charge is -2.07. The number of ether oxygens (including phenoxy) is 1. The second-order valence-electron chi connectivity index (χ2n) is 3.35. The number of pyridine rings is 1. The van der Waals surface area contributed by atoms with Crippen molar-refractivity contribution < 1.29 is 23.4 Å². The zero-order valence-corrected chi connectivity index (χ0v) is 8.93. The fourth-order valence-electron chi connectivity index (χ4n) is 1.31. The quantitative estimate of drug-likeness (QED) is 0.911. The van der Waals surface area contributed by atoms with Crippen LogP contribution in [0, 0.1) is 11.6 Å². The Hall–Kier alpha value is -2.50. The highest BCUT2D eigenvalue weighted by molar-refractivity contribution is 5.90. The summed E-state index contributed by atoms with van der Waals surface area (Å²) in [5, 5.41) is 8.90. The van der Waals surface area contributed by atoms with Crippen molar-refractivity contribution in [3.63, 3.8) is 0 Å². The Kier molecular flexibility index (Phi) is 3.18. The molecule has 0 saturated carbocycles. The van der Waals surface area contributed by atoms with Gasteiger partial charge in [0.25, 0.3) is 0 Å². The van der Waals surface area contributed by atoms with Gasteiger partial charge in [-0.2, -0.15) is 0 Å². The zero-order chi connectivity index (χ0) is 13.1. The summed E-state index contributed by atoms with van der Waals surface area (Å²) in [4.78, 5) is 14.6. The van der Waals surface area contributed by atoms with Gasteiger partial charge >= 0.3 is 5.97 Å². The summed E-state index contributed by atoms with van der Waals surface area (Å²) in [5.41, 5.74) is -0.116. The lowest BCUT2D eigenvalue weighted by atomic mass is 10.2. The van der Waals surface area contributed by atoms with Crippen molar-refractivity contribution in [3.8, 4) is 11.5 Å². The molecule has 0 unspecified atom stereocenters. The number of aromatic nitrogens is 1. The zero-order valence-electron chi connectivity index (χ0n) is 8.93. The number of benzene rings is 1. The lowest BCUT2D eigenvalue weighted by molar-refractivity contribution is 0.0694. The molecule has 0 spiro atoms. The van der Waals surface area contributed by atoms with Gasteiger partial charge in [0, 0.05) is 12.3 Å². The molecule has 1 aromatic carbocycles. The van der Waals surface area contributed by atoms with Gasteiger partial charge in [-0.05, 0) is 18.2 Å². The first-order valence-corrected chi connectivity index (χ1v) is 4.88. The summed E-state index contributed by atoms with van der Waals surface area (Å²) in [7, 11) is 0. The number of carboxylic acids is 1. The van der Waals surface area contributed by atoms with Crippen LogP contribution in [-0.4, -0.2) is 16.1 Å². The Morgan fingerprint density at radius 1 is 1.22 bits per heavy atom. The number of halogens is 2. The van der Waals surface area contributed by atoms with E-state index in [0.717, 1.165) is 12.1 Å². The monoisotopic (exact) mass is 251 g/mol. The molecule has 18 heavy (non-hydrogen) atoms. The van der Waals surface area contributed by atoms with Crippen LogP contribution in [0.1, 0.15) is 10.4 Å². The number of nitrogens with zero attached hydrogens (tertiary/aromatic N) is 1. The minimum absolute atomic E-state index is 0.00981. The maximum atomic E-state index is 13.0. The molecule has 2 aromatic rings. The Morgan fingerprint density at radius 3 is 2.67 bits per heavy atom. The van der Waals surface area contributed by atoms with E-state index in [-0.39, 0.29) is 17.1 Å². The highest BCUT2D eigenvalue weighted by Crippen LogP contribution is 2.25. The van der Waals surface area contributed by atoms with Crippen LogP contribution in [0.25, 0.3) is 0 Å². The Bertz CT molecular complexity index is 602. The first-order chi connectivity index (χ1) is 8.58. The molecule has 0 amide bonds. The van der Waals surface area contributed by atoms with Crippen LogP contribution in [-0.2, 0) is 0 Å². The summed E-state index contributed by atoms with van der Waals surface area (Å²) in [6, 6.07) is 4.16. The number of carboxylic acid groups (broad SMARTS) is 1. The predicted octanol–water partition coefficient (Wildman–Crippen LogP) is 2.85. The molecule has 0 aliphatic carbocycles. The molecule has 6 heteroatoms. The van der Waals surface area contributed by atoms with Crippen LogP contribution < -0.4 is 4.74 Å². The van der Waals surface area contributed by atoms with Gasteiger partial charge < -0.3 is 9.84 Å². The molecule has 1 heterocycles. The normalized spacial score (nSPS) is 10.1. The Balaban J connectivity index is 2.34. The summed E-state index contributed by atoms with van der Waals surface area (Å²) < 4.78 is 30.8. The largest absolute Gasteiger partial charge is 0.478 e.